The second kappa shape index (κ2) is 5.90. The molecule has 1 saturated heterocycles. The zero-order chi connectivity index (χ0) is 15.6. The van der Waals surface area contributed by atoms with E-state index in [4.69, 9.17) is 5.73 Å². The van der Waals surface area contributed by atoms with Gasteiger partial charge in [-0.15, -0.1) is 0 Å². The van der Waals surface area contributed by atoms with E-state index >= 15 is 0 Å². The van der Waals surface area contributed by atoms with Crippen molar-refractivity contribution in [3.8, 4) is 5.75 Å². The Bertz CT molecular complexity index is 637. The van der Waals surface area contributed by atoms with Crippen LogP contribution in [0.25, 0.3) is 0 Å². The molecule has 1 aliphatic heterocycles. The minimum Gasteiger partial charge on any atom is -0.506 e. The first kappa shape index (κ1) is 15.6. The highest BCUT2D eigenvalue weighted by Crippen LogP contribution is 2.21. The first-order valence-corrected chi connectivity index (χ1v) is 8.46. The molecule has 1 fully saturated rings. The predicted molar refractivity (Wildman–Crippen MR) is 79.4 cm³/mol. The number of hydrogen-bond donors (Lipinski definition) is 3. The number of piperidine rings is 1. The Morgan fingerprint density at radius 3 is 2.52 bits per heavy atom. The molecular formula is C13H19N3O4S. The van der Waals surface area contributed by atoms with Crippen molar-refractivity contribution in [2.75, 3.05) is 25.1 Å². The van der Waals surface area contributed by atoms with Gasteiger partial charge >= 0.3 is 0 Å². The maximum Gasteiger partial charge on any atom is 0.251 e. The molecular weight excluding hydrogens is 294 g/mol. The van der Waals surface area contributed by atoms with E-state index < -0.39 is 10.0 Å². The largest absolute Gasteiger partial charge is 0.506 e. The van der Waals surface area contributed by atoms with Crippen LogP contribution in [0.4, 0.5) is 5.69 Å². The van der Waals surface area contributed by atoms with Gasteiger partial charge in [0, 0.05) is 24.7 Å². The number of sulfonamides is 1. The molecule has 21 heavy (non-hydrogen) atoms. The summed E-state index contributed by atoms with van der Waals surface area (Å²) >= 11 is 0. The van der Waals surface area contributed by atoms with Crippen LogP contribution in [0.5, 0.6) is 5.75 Å². The molecule has 1 heterocycles. The summed E-state index contributed by atoms with van der Waals surface area (Å²) in [6.45, 7) is 0.799. The molecule has 4 N–H and O–H groups in total. The summed E-state index contributed by atoms with van der Waals surface area (Å²) in [5.41, 5.74) is 6.03. The van der Waals surface area contributed by atoms with Crippen LogP contribution in [0.15, 0.2) is 18.2 Å². The fourth-order valence-electron chi connectivity index (χ4n) is 2.29. The van der Waals surface area contributed by atoms with Gasteiger partial charge in [0.1, 0.15) is 5.75 Å². The summed E-state index contributed by atoms with van der Waals surface area (Å²) in [5.74, 6) is -0.433. The third kappa shape index (κ3) is 3.85. The van der Waals surface area contributed by atoms with Crippen molar-refractivity contribution in [1.29, 1.82) is 0 Å². The molecule has 1 amide bonds. The van der Waals surface area contributed by atoms with E-state index in [-0.39, 0.29) is 23.4 Å². The Morgan fingerprint density at radius 2 is 2.00 bits per heavy atom. The van der Waals surface area contributed by atoms with Gasteiger partial charge in [0.25, 0.3) is 5.91 Å². The Morgan fingerprint density at radius 1 is 1.38 bits per heavy atom. The molecule has 0 spiro atoms. The summed E-state index contributed by atoms with van der Waals surface area (Å²) in [6.07, 6.45) is 2.32. The second-order valence-electron chi connectivity index (χ2n) is 5.18. The number of nitrogens with one attached hydrogen (secondary N) is 1. The van der Waals surface area contributed by atoms with E-state index in [2.05, 4.69) is 5.32 Å². The lowest BCUT2D eigenvalue weighted by molar-refractivity contribution is 0.0923. The minimum absolute atomic E-state index is 0.0739. The zero-order valence-electron chi connectivity index (χ0n) is 11.7. The monoisotopic (exact) mass is 313 g/mol. The van der Waals surface area contributed by atoms with Crippen LogP contribution in [0.2, 0.25) is 0 Å². The van der Waals surface area contributed by atoms with E-state index in [0.717, 1.165) is 0 Å². The van der Waals surface area contributed by atoms with Crippen molar-refractivity contribution < 1.29 is 18.3 Å². The Labute approximate surface area is 123 Å². The highest BCUT2D eigenvalue weighted by Gasteiger charge is 2.26. The van der Waals surface area contributed by atoms with E-state index in [0.29, 0.717) is 31.5 Å². The molecule has 1 aromatic rings. The number of amides is 1. The highest BCUT2D eigenvalue weighted by atomic mass is 32.2. The van der Waals surface area contributed by atoms with Gasteiger partial charge in [-0.05, 0) is 31.0 Å². The molecule has 0 radical (unpaired) electrons. The minimum atomic E-state index is -3.17. The molecule has 1 aromatic carbocycles. The van der Waals surface area contributed by atoms with Gasteiger partial charge in [0.2, 0.25) is 10.0 Å². The lowest BCUT2D eigenvalue weighted by atomic mass is 10.1. The average molecular weight is 313 g/mol. The average Bonchev–Trinajstić information content (AvgIpc) is 2.41. The number of carbonyl (C=O) groups excluding carboxylic acids is 1. The first-order chi connectivity index (χ1) is 9.77. The van der Waals surface area contributed by atoms with Crippen LogP contribution in [0, 0.1) is 0 Å². The summed E-state index contributed by atoms with van der Waals surface area (Å²) in [6, 6.07) is 4.25. The number of hydrogen-bond acceptors (Lipinski definition) is 5. The quantitative estimate of drug-likeness (QED) is 0.542. The van der Waals surface area contributed by atoms with E-state index in [9.17, 15) is 18.3 Å². The number of nitrogens with zero attached hydrogens (tertiary/aromatic N) is 1. The van der Waals surface area contributed by atoms with Crippen LogP contribution in [0.1, 0.15) is 23.2 Å². The second-order valence-corrected chi connectivity index (χ2v) is 7.17. The Hall–Kier alpha value is -1.80. The van der Waals surface area contributed by atoms with Crippen LogP contribution < -0.4 is 11.1 Å². The molecule has 7 nitrogen and oxygen atoms in total. The number of phenolic OH excluding ortho intramolecular Hbond substituents is 1. The van der Waals surface area contributed by atoms with Crippen LogP contribution in [-0.4, -0.2) is 49.1 Å². The molecule has 8 heteroatoms. The van der Waals surface area contributed by atoms with Crippen LogP contribution in [0.3, 0.4) is 0 Å². The summed E-state index contributed by atoms with van der Waals surface area (Å²) in [7, 11) is -3.17. The third-order valence-corrected chi connectivity index (χ3v) is 4.85. The Balaban J connectivity index is 1.94. The number of phenols is 1. The highest BCUT2D eigenvalue weighted by molar-refractivity contribution is 7.88. The number of benzene rings is 1. The smallest absolute Gasteiger partial charge is 0.251 e. The van der Waals surface area contributed by atoms with E-state index in [1.165, 1.54) is 28.8 Å². The molecule has 0 unspecified atom stereocenters. The van der Waals surface area contributed by atoms with Crippen molar-refractivity contribution in [3.05, 3.63) is 23.8 Å². The first-order valence-electron chi connectivity index (χ1n) is 6.62. The van der Waals surface area contributed by atoms with Crippen LogP contribution in [-0.2, 0) is 10.0 Å². The van der Waals surface area contributed by atoms with Crippen molar-refractivity contribution >= 4 is 21.6 Å². The van der Waals surface area contributed by atoms with Crippen LogP contribution >= 0.6 is 0 Å². The lowest BCUT2D eigenvalue weighted by Gasteiger charge is -2.30. The molecule has 0 bridgehead atoms. The zero-order valence-corrected chi connectivity index (χ0v) is 12.6. The fourth-order valence-corrected chi connectivity index (χ4v) is 3.16. The van der Waals surface area contributed by atoms with Gasteiger partial charge in [0.15, 0.2) is 0 Å². The number of nitrogen functional groups attached to an aromatic ring is 1. The van der Waals surface area contributed by atoms with Crippen molar-refractivity contribution in [2.45, 2.75) is 18.9 Å². The topological polar surface area (TPSA) is 113 Å². The van der Waals surface area contributed by atoms with Gasteiger partial charge in [-0.1, -0.05) is 0 Å². The van der Waals surface area contributed by atoms with Gasteiger partial charge in [-0.3, -0.25) is 4.79 Å². The normalized spacial score (nSPS) is 17.6. The van der Waals surface area contributed by atoms with Crippen molar-refractivity contribution in [1.82, 2.24) is 9.62 Å². The Kier molecular flexibility index (Phi) is 4.38. The molecule has 0 atom stereocenters. The maximum atomic E-state index is 12.1. The molecule has 0 aliphatic carbocycles. The van der Waals surface area contributed by atoms with Crippen molar-refractivity contribution in [3.63, 3.8) is 0 Å². The van der Waals surface area contributed by atoms with Gasteiger partial charge in [0.05, 0.1) is 11.9 Å². The molecule has 0 aromatic heterocycles. The molecule has 116 valence electrons. The number of anilines is 1. The summed E-state index contributed by atoms with van der Waals surface area (Å²) in [4.78, 5) is 12.1. The van der Waals surface area contributed by atoms with Gasteiger partial charge in [-0.25, -0.2) is 12.7 Å². The lowest BCUT2D eigenvalue weighted by Crippen LogP contribution is -2.46. The number of rotatable bonds is 3. The molecule has 1 aliphatic rings. The third-order valence-electron chi connectivity index (χ3n) is 3.55. The number of aromatic hydroxyl groups is 1. The van der Waals surface area contributed by atoms with Gasteiger partial charge in [-0.2, -0.15) is 0 Å². The van der Waals surface area contributed by atoms with E-state index in [1.54, 1.807) is 0 Å². The predicted octanol–water partition coefficient (Wildman–Crippen LogP) is 0.128. The maximum absolute atomic E-state index is 12.1. The fraction of sp³-hybridized carbons (Fsp3) is 0.462. The summed E-state index contributed by atoms with van der Waals surface area (Å²) in [5, 5.41) is 12.3. The standard InChI is InChI=1S/C13H19N3O4S/c1-21(19,20)16-6-4-10(5-7-16)15-13(18)9-2-3-11(14)12(17)8-9/h2-3,8,10,17H,4-7,14H2,1H3,(H,15,18). The number of carbonyl (C=O) groups is 1. The van der Waals surface area contributed by atoms with Crippen molar-refractivity contribution in [2.24, 2.45) is 0 Å². The SMILES string of the molecule is CS(=O)(=O)N1CCC(NC(=O)c2ccc(N)c(O)c2)CC1. The van der Waals surface area contributed by atoms with E-state index in [1.807, 2.05) is 0 Å². The molecule has 0 saturated carbocycles. The summed E-state index contributed by atoms with van der Waals surface area (Å²) < 4.78 is 24.2. The number of nitrogens with two attached hydrogens (primary N) is 1. The molecule has 2 rings (SSSR count). The van der Waals surface area contributed by atoms with Gasteiger partial charge < -0.3 is 16.2 Å².